The fourth-order valence-electron chi connectivity index (χ4n) is 4.29. The Hall–Kier alpha value is -3.36. The van der Waals surface area contributed by atoms with Crippen molar-refractivity contribution < 1.29 is 19.1 Å². The van der Waals surface area contributed by atoms with Gasteiger partial charge in [-0.05, 0) is 49.1 Å². The van der Waals surface area contributed by atoms with Gasteiger partial charge in [0.15, 0.2) is 5.78 Å². The number of amides is 1. The van der Waals surface area contributed by atoms with E-state index in [0.29, 0.717) is 47.4 Å². The maximum absolute atomic E-state index is 13.1. The number of nitrogens with one attached hydrogen (secondary N) is 1. The molecule has 1 aromatic heterocycles. The number of hydrogen-bond acceptors (Lipinski definition) is 5. The third kappa shape index (κ3) is 6.14. The zero-order valence-electron chi connectivity index (χ0n) is 21.5. The van der Waals surface area contributed by atoms with E-state index in [1.807, 2.05) is 44.2 Å². The number of rotatable bonds is 10. The van der Waals surface area contributed by atoms with E-state index in [2.05, 4.69) is 5.32 Å². The largest absolute Gasteiger partial charge is 0.485 e. The van der Waals surface area contributed by atoms with Crippen molar-refractivity contribution in [1.29, 1.82) is 0 Å². The van der Waals surface area contributed by atoms with Crippen LogP contribution in [0.1, 0.15) is 49.2 Å². The van der Waals surface area contributed by atoms with Crippen LogP contribution in [0.5, 0.6) is 5.75 Å². The Kier molecular flexibility index (Phi) is 7.90. The number of carbonyl (C=O) groups is 2. The van der Waals surface area contributed by atoms with Crippen LogP contribution in [0.4, 0.5) is 5.69 Å². The number of halogens is 1. The zero-order chi connectivity index (χ0) is 26.7. The van der Waals surface area contributed by atoms with E-state index in [0.717, 1.165) is 0 Å². The summed E-state index contributed by atoms with van der Waals surface area (Å²) >= 11 is 6.14. The van der Waals surface area contributed by atoms with Gasteiger partial charge in [0.25, 0.3) is 5.56 Å². The maximum atomic E-state index is 13.1. The fraction of sp³-hybridized carbons (Fsp3) is 0.393. The molecule has 8 nitrogen and oxygen atoms in total. The highest BCUT2D eigenvalue weighted by atomic mass is 35.5. The van der Waals surface area contributed by atoms with Gasteiger partial charge in [0.2, 0.25) is 5.91 Å². The van der Waals surface area contributed by atoms with Crippen molar-refractivity contribution >= 4 is 29.0 Å². The predicted octanol–water partition coefficient (Wildman–Crippen LogP) is 4.93. The molecule has 0 atom stereocenters. The lowest BCUT2D eigenvalue weighted by atomic mass is 9.82. The Morgan fingerprint density at radius 1 is 1.16 bits per heavy atom. The monoisotopic (exact) mass is 525 g/mol. The quantitative estimate of drug-likeness (QED) is 0.379. The van der Waals surface area contributed by atoms with Crippen molar-refractivity contribution in [2.45, 2.75) is 46.1 Å². The lowest BCUT2D eigenvalue weighted by molar-refractivity contribution is -0.118. The van der Waals surface area contributed by atoms with E-state index < -0.39 is 5.41 Å². The second kappa shape index (κ2) is 10.9. The van der Waals surface area contributed by atoms with Gasteiger partial charge in [-0.3, -0.25) is 19.1 Å². The number of aromatic nitrogens is 2. The highest BCUT2D eigenvalue weighted by Gasteiger charge is 2.27. The van der Waals surface area contributed by atoms with E-state index in [4.69, 9.17) is 21.1 Å². The van der Waals surface area contributed by atoms with Crippen LogP contribution in [-0.4, -0.2) is 40.4 Å². The van der Waals surface area contributed by atoms with Crippen LogP contribution in [0.3, 0.4) is 0 Å². The third-order valence-corrected chi connectivity index (χ3v) is 6.86. The summed E-state index contributed by atoms with van der Waals surface area (Å²) in [5.74, 6) is 0.114. The van der Waals surface area contributed by atoms with Gasteiger partial charge in [-0.25, -0.2) is 4.68 Å². The van der Waals surface area contributed by atoms with Gasteiger partial charge in [0.05, 0.1) is 30.2 Å². The van der Waals surface area contributed by atoms with Crippen molar-refractivity contribution in [3.05, 3.63) is 75.2 Å². The number of para-hydroxylation sites is 1. The van der Waals surface area contributed by atoms with Gasteiger partial charge in [-0.15, -0.1) is 0 Å². The lowest BCUT2D eigenvalue weighted by Crippen LogP contribution is -2.38. The van der Waals surface area contributed by atoms with E-state index in [9.17, 15) is 14.4 Å². The van der Waals surface area contributed by atoms with Crippen LogP contribution >= 0.6 is 11.6 Å². The van der Waals surface area contributed by atoms with E-state index in [1.54, 1.807) is 36.9 Å². The van der Waals surface area contributed by atoms with Crippen LogP contribution in [0.25, 0.3) is 5.69 Å². The van der Waals surface area contributed by atoms with Crippen molar-refractivity contribution in [1.82, 2.24) is 9.36 Å². The molecule has 1 saturated heterocycles. The molecule has 0 aliphatic carbocycles. The SMILES string of the molecule is Cc1c(NC(=O)CC(C)(C)CCC(=O)c2cc(Cl)ccc2OC2COC2)c(=O)n(-c2ccccc2)n1C. The number of nitrogens with zero attached hydrogens (tertiary/aromatic N) is 2. The molecule has 0 spiro atoms. The first-order chi connectivity index (χ1) is 17.6. The molecule has 1 fully saturated rings. The smallest absolute Gasteiger partial charge is 0.295 e. The summed E-state index contributed by atoms with van der Waals surface area (Å²) in [5, 5.41) is 3.27. The molecule has 3 aromatic rings. The number of ketones is 1. The molecule has 1 N–H and O–H groups in total. The van der Waals surface area contributed by atoms with Crippen molar-refractivity contribution in [2.24, 2.45) is 12.5 Å². The predicted molar refractivity (Wildman–Crippen MR) is 143 cm³/mol. The minimum Gasteiger partial charge on any atom is -0.485 e. The van der Waals surface area contributed by atoms with Gasteiger partial charge in [-0.2, -0.15) is 0 Å². The Bertz CT molecular complexity index is 1360. The summed E-state index contributed by atoms with van der Waals surface area (Å²) in [7, 11) is 1.78. The average Bonchev–Trinajstić information content (AvgIpc) is 3.03. The average molecular weight is 526 g/mol. The zero-order valence-corrected chi connectivity index (χ0v) is 22.3. The number of anilines is 1. The molecule has 0 unspecified atom stereocenters. The minimum absolute atomic E-state index is 0.0687. The second-order valence-electron chi connectivity index (χ2n) is 10.2. The lowest BCUT2D eigenvalue weighted by Gasteiger charge is -2.28. The molecule has 1 aliphatic heterocycles. The Morgan fingerprint density at radius 2 is 1.86 bits per heavy atom. The van der Waals surface area contributed by atoms with Crippen molar-refractivity contribution in [2.75, 3.05) is 18.5 Å². The summed E-state index contributed by atoms with van der Waals surface area (Å²) in [4.78, 5) is 39.1. The molecule has 1 aliphatic rings. The van der Waals surface area contributed by atoms with Crippen LogP contribution in [0, 0.1) is 12.3 Å². The molecule has 196 valence electrons. The number of hydrogen-bond donors (Lipinski definition) is 1. The molecule has 0 radical (unpaired) electrons. The molecule has 4 rings (SSSR count). The molecule has 9 heteroatoms. The topological polar surface area (TPSA) is 91.6 Å². The summed E-state index contributed by atoms with van der Waals surface area (Å²) in [6, 6.07) is 14.3. The number of carbonyl (C=O) groups excluding carboxylic acids is 2. The van der Waals surface area contributed by atoms with E-state index in [-0.39, 0.29) is 41.9 Å². The van der Waals surface area contributed by atoms with Gasteiger partial charge >= 0.3 is 0 Å². The highest BCUT2D eigenvalue weighted by molar-refractivity contribution is 6.31. The van der Waals surface area contributed by atoms with E-state index >= 15 is 0 Å². The number of benzene rings is 2. The Labute approximate surface area is 221 Å². The standard InChI is InChI=1S/C28H32ClN3O5/c1-18-26(27(35)32(31(18)4)20-8-6-5-7-9-20)30-25(34)15-28(2,3)13-12-23(33)22-14-19(29)10-11-24(22)37-21-16-36-17-21/h5-11,14,21H,12-13,15-17H2,1-4H3,(H,30,34). The third-order valence-electron chi connectivity index (χ3n) is 6.63. The Morgan fingerprint density at radius 3 is 2.51 bits per heavy atom. The maximum Gasteiger partial charge on any atom is 0.295 e. The summed E-state index contributed by atoms with van der Waals surface area (Å²) in [6.45, 7) is 6.65. The van der Waals surface area contributed by atoms with Gasteiger partial charge in [-0.1, -0.05) is 43.6 Å². The van der Waals surface area contributed by atoms with Crippen molar-refractivity contribution in [3.8, 4) is 11.4 Å². The van der Waals surface area contributed by atoms with Gasteiger partial charge in [0, 0.05) is 24.9 Å². The van der Waals surface area contributed by atoms with Crippen molar-refractivity contribution in [3.63, 3.8) is 0 Å². The normalized spacial score (nSPS) is 13.8. The summed E-state index contributed by atoms with van der Waals surface area (Å²) in [6.07, 6.45) is 0.779. The molecular formula is C28H32ClN3O5. The van der Waals surface area contributed by atoms with E-state index in [1.165, 1.54) is 4.68 Å². The molecule has 0 bridgehead atoms. The Balaban J connectivity index is 1.40. The van der Waals surface area contributed by atoms with Crippen LogP contribution < -0.4 is 15.6 Å². The summed E-state index contributed by atoms with van der Waals surface area (Å²) < 4.78 is 14.3. The minimum atomic E-state index is -0.484. The molecule has 1 amide bonds. The molecule has 0 saturated carbocycles. The van der Waals surface area contributed by atoms with Crippen LogP contribution in [-0.2, 0) is 16.6 Å². The fourth-order valence-corrected chi connectivity index (χ4v) is 4.46. The first-order valence-corrected chi connectivity index (χ1v) is 12.6. The van der Waals surface area contributed by atoms with Gasteiger partial charge in [0.1, 0.15) is 17.5 Å². The second-order valence-corrected chi connectivity index (χ2v) is 10.6. The molecule has 37 heavy (non-hydrogen) atoms. The van der Waals surface area contributed by atoms with Crippen LogP contribution in [0.2, 0.25) is 5.02 Å². The highest BCUT2D eigenvalue weighted by Crippen LogP contribution is 2.31. The molecule has 2 aromatic carbocycles. The van der Waals surface area contributed by atoms with Gasteiger partial charge < -0.3 is 14.8 Å². The first kappa shape index (κ1) is 26.7. The first-order valence-electron chi connectivity index (χ1n) is 12.3. The molecule has 2 heterocycles. The van der Waals surface area contributed by atoms with Crippen LogP contribution in [0.15, 0.2) is 53.3 Å². The molecular weight excluding hydrogens is 494 g/mol. The number of ether oxygens (including phenoxy) is 2. The number of Topliss-reactive ketones (excluding diaryl/α,β-unsaturated/α-hetero) is 1. The summed E-state index contributed by atoms with van der Waals surface area (Å²) in [5.41, 5.74) is 1.28.